The molecule has 1 aromatic carbocycles. The van der Waals surface area contributed by atoms with Gasteiger partial charge in [0.15, 0.2) is 0 Å². The fourth-order valence-electron chi connectivity index (χ4n) is 1.38. The summed E-state index contributed by atoms with van der Waals surface area (Å²) < 4.78 is 0. The monoisotopic (exact) mass is 250 g/mol. The van der Waals surface area contributed by atoms with Crippen molar-refractivity contribution in [1.82, 2.24) is 5.32 Å². The van der Waals surface area contributed by atoms with Crippen LogP contribution < -0.4 is 10.6 Å². The van der Waals surface area contributed by atoms with Gasteiger partial charge in [-0.15, -0.1) is 0 Å². The standard InChI is InChI=1S/C13H18N2O3/c1-8(2)10-4-6-11(7-5-10)15-13(18)14-9(3)12(16)17/h4-9H,1-3H3,(H,16,17)(H2,14,15,18)/t9-/m0/s1. The van der Waals surface area contributed by atoms with Gasteiger partial charge in [-0.3, -0.25) is 4.79 Å². The van der Waals surface area contributed by atoms with Gasteiger partial charge in [0.2, 0.25) is 0 Å². The molecule has 98 valence electrons. The van der Waals surface area contributed by atoms with Gasteiger partial charge in [0, 0.05) is 5.69 Å². The zero-order chi connectivity index (χ0) is 13.7. The van der Waals surface area contributed by atoms with Crippen LogP contribution in [0.5, 0.6) is 0 Å². The number of hydrogen-bond acceptors (Lipinski definition) is 2. The molecule has 0 unspecified atom stereocenters. The van der Waals surface area contributed by atoms with Crippen molar-refractivity contribution in [1.29, 1.82) is 0 Å². The van der Waals surface area contributed by atoms with Crippen LogP contribution in [0.4, 0.5) is 10.5 Å². The van der Waals surface area contributed by atoms with E-state index in [1.165, 1.54) is 12.5 Å². The Kier molecular flexibility index (Phi) is 4.71. The molecule has 18 heavy (non-hydrogen) atoms. The number of aliphatic carboxylic acids is 1. The van der Waals surface area contributed by atoms with E-state index in [0.717, 1.165) is 0 Å². The topological polar surface area (TPSA) is 78.4 Å². The third-order valence-electron chi connectivity index (χ3n) is 2.55. The molecule has 5 heteroatoms. The molecule has 0 heterocycles. The van der Waals surface area contributed by atoms with Crippen LogP contribution in [0.2, 0.25) is 0 Å². The van der Waals surface area contributed by atoms with Crippen molar-refractivity contribution in [2.24, 2.45) is 0 Å². The van der Waals surface area contributed by atoms with E-state index in [1.54, 1.807) is 12.1 Å². The Balaban J connectivity index is 2.57. The van der Waals surface area contributed by atoms with Crippen LogP contribution in [0.3, 0.4) is 0 Å². The summed E-state index contributed by atoms with van der Waals surface area (Å²) in [7, 11) is 0. The second-order valence-electron chi connectivity index (χ2n) is 4.44. The maximum Gasteiger partial charge on any atom is 0.325 e. The highest BCUT2D eigenvalue weighted by atomic mass is 16.4. The van der Waals surface area contributed by atoms with Crippen LogP contribution in [0, 0.1) is 0 Å². The maximum absolute atomic E-state index is 11.5. The van der Waals surface area contributed by atoms with Crippen molar-refractivity contribution >= 4 is 17.7 Å². The highest BCUT2D eigenvalue weighted by Crippen LogP contribution is 2.16. The summed E-state index contributed by atoms with van der Waals surface area (Å²) in [6.07, 6.45) is 0. The van der Waals surface area contributed by atoms with Crippen molar-refractivity contribution in [3.63, 3.8) is 0 Å². The fraction of sp³-hybridized carbons (Fsp3) is 0.385. The number of benzene rings is 1. The highest BCUT2D eigenvalue weighted by Gasteiger charge is 2.13. The molecule has 0 spiro atoms. The van der Waals surface area contributed by atoms with Crippen LogP contribution >= 0.6 is 0 Å². The maximum atomic E-state index is 11.5. The van der Waals surface area contributed by atoms with E-state index in [1.807, 2.05) is 12.1 Å². The molecule has 1 aromatic rings. The van der Waals surface area contributed by atoms with Crippen molar-refractivity contribution < 1.29 is 14.7 Å². The number of carbonyl (C=O) groups is 2. The van der Waals surface area contributed by atoms with Crippen molar-refractivity contribution in [3.8, 4) is 0 Å². The fourth-order valence-corrected chi connectivity index (χ4v) is 1.38. The lowest BCUT2D eigenvalue weighted by molar-refractivity contribution is -0.138. The van der Waals surface area contributed by atoms with Crippen LogP contribution in [0.1, 0.15) is 32.3 Å². The quantitative estimate of drug-likeness (QED) is 0.767. The molecule has 0 saturated heterocycles. The molecule has 0 aliphatic carbocycles. The summed E-state index contributed by atoms with van der Waals surface area (Å²) in [6, 6.07) is 6.00. The van der Waals surface area contributed by atoms with E-state index in [0.29, 0.717) is 11.6 Å². The van der Waals surface area contributed by atoms with Gasteiger partial charge < -0.3 is 15.7 Å². The first-order valence-corrected chi connectivity index (χ1v) is 5.80. The summed E-state index contributed by atoms with van der Waals surface area (Å²) in [5.74, 6) is -0.639. The Morgan fingerprint density at radius 1 is 1.11 bits per heavy atom. The first kappa shape index (κ1) is 14.0. The Bertz CT molecular complexity index is 426. The van der Waals surface area contributed by atoms with E-state index >= 15 is 0 Å². The van der Waals surface area contributed by atoms with Crippen molar-refractivity contribution in [3.05, 3.63) is 29.8 Å². The lowest BCUT2D eigenvalue weighted by atomic mass is 10.0. The molecule has 0 aliphatic heterocycles. The lowest BCUT2D eigenvalue weighted by Gasteiger charge is -2.11. The number of urea groups is 1. The van der Waals surface area contributed by atoms with Gasteiger partial charge >= 0.3 is 12.0 Å². The second kappa shape index (κ2) is 6.05. The average Bonchev–Trinajstić information content (AvgIpc) is 2.29. The van der Waals surface area contributed by atoms with E-state index < -0.39 is 18.0 Å². The minimum absolute atomic E-state index is 0.430. The number of nitrogens with one attached hydrogen (secondary N) is 2. The molecule has 0 aliphatic rings. The van der Waals surface area contributed by atoms with Crippen LogP contribution in [0.25, 0.3) is 0 Å². The first-order chi connectivity index (χ1) is 8.40. The summed E-state index contributed by atoms with van der Waals surface area (Å²) in [5.41, 5.74) is 1.81. The molecule has 0 bridgehead atoms. The summed E-state index contributed by atoms with van der Waals surface area (Å²) in [5, 5.41) is 13.5. The Morgan fingerprint density at radius 3 is 2.11 bits per heavy atom. The number of carboxylic acids is 1. The normalized spacial score (nSPS) is 12.0. The summed E-state index contributed by atoms with van der Waals surface area (Å²) in [6.45, 7) is 5.58. The molecule has 5 nitrogen and oxygen atoms in total. The number of carboxylic acid groups (broad SMARTS) is 1. The third kappa shape index (κ3) is 4.08. The largest absolute Gasteiger partial charge is 0.480 e. The van der Waals surface area contributed by atoms with Crippen LogP contribution in [-0.2, 0) is 4.79 Å². The molecule has 0 aromatic heterocycles. The van der Waals surface area contributed by atoms with Gasteiger partial charge in [-0.25, -0.2) is 4.79 Å². The predicted molar refractivity (Wildman–Crippen MR) is 69.8 cm³/mol. The minimum atomic E-state index is -1.07. The molecule has 1 atom stereocenters. The van der Waals surface area contributed by atoms with E-state index in [4.69, 9.17) is 5.11 Å². The smallest absolute Gasteiger partial charge is 0.325 e. The average molecular weight is 250 g/mol. The Hall–Kier alpha value is -2.04. The molecular weight excluding hydrogens is 232 g/mol. The predicted octanol–water partition coefficient (Wildman–Crippen LogP) is 2.40. The van der Waals surface area contributed by atoms with Gasteiger partial charge in [-0.1, -0.05) is 26.0 Å². The molecule has 0 fully saturated rings. The zero-order valence-electron chi connectivity index (χ0n) is 10.7. The first-order valence-electron chi connectivity index (χ1n) is 5.80. The molecule has 3 N–H and O–H groups in total. The van der Waals surface area contributed by atoms with Gasteiger partial charge in [0.25, 0.3) is 0 Å². The Morgan fingerprint density at radius 2 is 1.67 bits per heavy atom. The summed E-state index contributed by atoms with van der Waals surface area (Å²) >= 11 is 0. The number of anilines is 1. The Labute approximate surface area is 106 Å². The zero-order valence-corrected chi connectivity index (χ0v) is 10.7. The number of amides is 2. The van der Waals surface area contributed by atoms with Crippen molar-refractivity contribution in [2.45, 2.75) is 32.7 Å². The number of hydrogen-bond donors (Lipinski definition) is 3. The van der Waals surface area contributed by atoms with Gasteiger partial charge in [-0.05, 0) is 30.5 Å². The van der Waals surface area contributed by atoms with Crippen LogP contribution in [-0.4, -0.2) is 23.1 Å². The van der Waals surface area contributed by atoms with Gasteiger partial charge in [0.05, 0.1) is 0 Å². The number of carbonyl (C=O) groups excluding carboxylic acids is 1. The van der Waals surface area contributed by atoms with E-state index in [-0.39, 0.29) is 0 Å². The van der Waals surface area contributed by atoms with Crippen molar-refractivity contribution in [2.75, 3.05) is 5.32 Å². The van der Waals surface area contributed by atoms with E-state index in [9.17, 15) is 9.59 Å². The minimum Gasteiger partial charge on any atom is -0.480 e. The lowest BCUT2D eigenvalue weighted by Crippen LogP contribution is -2.40. The summed E-state index contributed by atoms with van der Waals surface area (Å²) in [4.78, 5) is 22.0. The molecule has 0 radical (unpaired) electrons. The molecule has 1 rings (SSSR count). The van der Waals surface area contributed by atoms with Crippen LogP contribution in [0.15, 0.2) is 24.3 Å². The van der Waals surface area contributed by atoms with E-state index in [2.05, 4.69) is 24.5 Å². The van der Waals surface area contributed by atoms with Gasteiger partial charge in [-0.2, -0.15) is 0 Å². The molecule has 2 amide bonds. The molecular formula is C13H18N2O3. The third-order valence-corrected chi connectivity index (χ3v) is 2.55. The molecule has 0 saturated carbocycles. The van der Waals surface area contributed by atoms with Gasteiger partial charge in [0.1, 0.15) is 6.04 Å². The second-order valence-corrected chi connectivity index (χ2v) is 4.44. The number of rotatable bonds is 4. The highest BCUT2D eigenvalue weighted by molar-refractivity contribution is 5.92. The SMILES string of the molecule is CC(C)c1ccc(NC(=O)N[C@@H](C)C(=O)O)cc1.